The molecule has 0 aliphatic carbocycles. The summed E-state index contributed by atoms with van der Waals surface area (Å²) < 4.78 is 6.32. The highest BCUT2D eigenvalue weighted by Gasteiger charge is 2.35. The molecule has 1 unspecified atom stereocenters. The standard InChI is InChI=1S/C12H13NO5/c1-12(6-14,10(15)16)7-3-4-8-9(5-7)18-11(17)13(8)2/h3-5,14H,6H2,1-2H3,(H,15,16). The fourth-order valence-electron chi connectivity index (χ4n) is 1.76. The van der Waals surface area contributed by atoms with Gasteiger partial charge in [0.1, 0.15) is 5.41 Å². The first-order valence-electron chi connectivity index (χ1n) is 5.34. The lowest BCUT2D eigenvalue weighted by atomic mass is 9.83. The third kappa shape index (κ3) is 1.62. The van der Waals surface area contributed by atoms with Crippen molar-refractivity contribution in [2.24, 2.45) is 7.05 Å². The highest BCUT2D eigenvalue weighted by atomic mass is 16.4. The quantitative estimate of drug-likeness (QED) is 0.827. The van der Waals surface area contributed by atoms with E-state index < -0.39 is 23.7 Å². The minimum atomic E-state index is -1.41. The zero-order valence-corrected chi connectivity index (χ0v) is 10.0. The minimum absolute atomic E-state index is 0.306. The molecular weight excluding hydrogens is 238 g/mol. The van der Waals surface area contributed by atoms with Crippen LogP contribution in [0, 0.1) is 0 Å². The van der Waals surface area contributed by atoms with Gasteiger partial charge >= 0.3 is 11.7 Å². The van der Waals surface area contributed by atoms with Gasteiger partial charge in [-0.2, -0.15) is 0 Å². The molecule has 0 saturated heterocycles. The van der Waals surface area contributed by atoms with Crippen molar-refractivity contribution in [2.45, 2.75) is 12.3 Å². The van der Waals surface area contributed by atoms with Crippen LogP contribution in [0.15, 0.2) is 27.4 Å². The number of aromatic nitrogens is 1. The largest absolute Gasteiger partial charge is 0.481 e. The van der Waals surface area contributed by atoms with Crippen molar-refractivity contribution in [3.05, 3.63) is 34.3 Å². The number of carbonyl (C=O) groups is 1. The summed E-state index contributed by atoms with van der Waals surface area (Å²) in [7, 11) is 1.57. The lowest BCUT2D eigenvalue weighted by Crippen LogP contribution is -2.36. The predicted octanol–water partition coefficient (Wildman–Crippen LogP) is 0.466. The van der Waals surface area contributed by atoms with Gasteiger partial charge < -0.3 is 14.6 Å². The molecule has 1 atom stereocenters. The zero-order chi connectivity index (χ0) is 13.5. The zero-order valence-electron chi connectivity index (χ0n) is 10.0. The maximum atomic E-state index is 11.3. The number of aliphatic carboxylic acids is 1. The number of aliphatic hydroxyl groups excluding tert-OH is 1. The Hall–Kier alpha value is -2.08. The Morgan fingerprint density at radius 3 is 2.72 bits per heavy atom. The Labute approximate surface area is 102 Å². The molecule has 6 nitrogen and oxygen atoms in total. The van der Waals surface area contributed by atoms with Crippen LogP contribution in [0.4, 0.5) is 0 Å². The Bertz CT molecular complexity index is 669. The average molecular weight is 251 g/mol. The summed E-state index contributed by atoms with van der Waals surface area (Å²) in [6.07, 6.45) is 0. The minimum Gasteiger partial charge on any atom is -0.481 e. The lowest BCUT2D eigenvalue weighted by Gasteiger charge is -2.22. The van der Waals surface area contributed by atoms with Crippen LogP contribution in [-0.2, 0) is 17.3 Å². The van der Waals surface area contributed by atoms with E-state index in [0.29, 0.717) is 16.7 Å². The number of benzene rings is 1. The summed E-state index contributed by atoms with van der Waals surface area (Å²) in [4.78, 5) is 22.5. The van der Waals surface area contributed by atoms with E-state index in [2.05, 4.69) is 0 Å². The summed E-state index contributed by atoms with van der Waals surface area (Å²) in [6.45, 7) is 0.877. The summed E-state index contributed by atoms with van der Waals surface area (Å²) >= 11 is 0. The van der Waals surface area contributed by atoms with Crippen LogP contribution in [0.2, 0.25) is 0 Å². The third-order valence-electron chi connectivity index (χ3n) is 3.22. The summed E-state index contributed by atoms with van der Waals surface area (Å²) in [5.41, 5.74) is -0.141. The summed E-state index contributed by atoms with van der Waals surface area (Å²) in [6, 6.07) is 4.65. The maximum Gasteiger partial charge on any atom is 0.419 e. The second-order valence-corrected chi connectivity index (χ2v) is 4.40. The van der Waals surface area contributed by atoms with Crippen LogP contribution in [0.25, 0.3) is 11.1 Å². The monoisotopic (exact) mass is 251 g/mol. The molecule has 1 heterocycles. The van der Waals surface area contributed by atoms with E-state index in [1.807, 2.05) is 0 Å². The molecule has 1 aromatic heterocycles. The SMILES string of the molecule is Cn1c(=O)oc2cc(C(C)(CO)C(=O)O)ccc21. The first kappa shape index (κ1) is 12.4. The molecule has 1 aromatic carbocycles. The molecular formula is C12H13NO5. The van der Waals surface area contributed by atoms with Gasteiger partial charge in [0, 0.05) is 7.05 Å². The topological polar surface area (TPSA) is 92.7 Å². The van der Waals surface area contributed by atoms with Gasteiger partial charge in [-0.15, -0.1) is 0 Å². The predicted molar refractivity (Wildman–Crippen MR) is 63.5 cm³/mol. The number of carboxylic acids is 1. The molecule has 2 N–H and O–H groups in total. The van der Waals surface area contributed by atoms with E-state index in [9.17, 15) is 14.7 Å². The van der Waals surface area contributed by atoms with Crippen molar-refractivity contribution in [1.29, 1.82) is 0 Å². The van der Waals surface area contributed by atoms with Gasteiger partial charge in [0.15, 0.2) is 5.58 Å². The number of nitrogens with zero attached hydrogens (tertiary/aromatic N) is 1. The van der Waals surface area contributed by atoms with Gasteiger partial charge in [0.25, 0.3) is 0 Å². The third-order valence-corrected chi connectivity index (χ3v) is 3.22. The molecule has 0 radical (unpaired) electrons. The number of hydrogen-bond acceptors (Lipinski definition) is 4. The highest BCUT2D eigenvalue weighted by molar-refractivity contribution is 5.83. The van der Waals surface area contributed by atoms with Crippen molar-refractivity contribution in [3.8, 4) is 0 Å². The van der Waals surface area contributed by atoms with Gasteiger partial charge in [0.05, 0.1) is 12.1 Å². The first-order chi connectivity index (χ1) is 8.40. The fourth-order valence-corrected chi connectivity index (χ4v) is 1.76. The normalized spacial score (nSPS) is 14.6. The molecule has 18 heavy (non-hydrogen) atoms. The molecule has 2 aromatic rings. The molecule has 6 heteroatoms. The van der Waals surface area contributed by atoms with Gasteiger partial charge in [-0.1, -0.05) is 6.07 Å². The van der Waals surface area contributed by atoms with Crippen LogP contribution >= 0.6 is 0 Å². The molecule has 2 rings (SSSR count). The smallest absolute Gasteiger partial charge is 0.419 e. The molecule has 0 amide bonds. The Morgan fingerprint density at radius 2 is 2.17 bits per heavy atom. The molecule has 0 saturated carbocycles. The number of hydrogen-bond donors (Lipinski definition) is 2. The molecule has 96 valence electrons. The van der Waals surface area contributed by atoms with Crippen LogP contribution < -0.4 is 5.76 Å². The van der Waals surface area contributed by atoms with Crippen LogP contribution in [-0.4, -0.2) is 27.4 Å². The van der Waals surface area contributed by atoms with Crippen molar-refractivity contribution in [3.63, 3.8) is 0 Å². The van der Waals surface area contributed by atoms with Gasteiger partial charge in [-0.05, 0) is 24.6 Å². The van der Waals surface area contributed by atoms with Gasteiger partial charge in [0.2, 0.25) is 0 Å². The van der Waals surface area contributed by atoms with Crippen LogP contribution in [0.5, 0.6) is 0 Å². The maximum absolute atomic E-state index is 11.3. The molecule has 0 bridgehead atoms. The second kappa shape index (κ2) is 3.99. The van der Waals surface area contributed by atoms with E-state index in [0.717, 1.165) is 0 Å². The Morgan fingerprint density at radius 1 is 1.50 bits per heavy atom. The Kier molecular flexibility index (Phi) is 2.74. The number of oxazole rings is 1. The number of carboxylic acid groups (broad SMARTS) is 1. The van der Waals surface area contributed by atoms with Crippen molar-refractivity contribution < 1.29 is 19.4 Å². The van der Waals surface area contributed by atoms with E-state index in [1.165, 1.54) is 17.6 Å². The average Bonchev–Trinajstić information content (AvgIpc) is 2.63. The summed E-state index contributed by atoms with van der Waals surface area (Å²) in [5.74, 6) is -1.65. The Balaban J connectivity index is 2.67. The lowest BCUT2D eigenvalue weighted by molar-refractivity contribution is -0.144. The van der Waals surface area contributed by atoms with Crippen molar-refractivity contribution >= 4 is 17.1 Å². The van der Waals surface area contributed by atoms with Crippen molar-refractivity contribution in [1.82, 2.24) is 4.57 Å². The van der Waals surface area contributed by atoms with Crippen molar-refractivity contribution in [2.75, 3.05) is 6.61 Å². The van der Waals surface area contributed by atoms with Crippen LogP contribution in [0.1, 0.15) is 12.5 Å². The van der Waals surface area contributed by atoms with E-state index >= 15 is 0 Å². The number of fused-ring (bicyclic) bond motifs is 1. The van der Waals surface area contributed by atoms with E-state index in [1.54, 1.807) is 19.2 Å². The van der Waals surface area contributed by atoms with E-state index in [4.69, 9.17) is 9.52 Å². The van der Waals surface area contributed by atoms with Gasteiger partial charge in [-0.3, -0.25) is 9.36 Å². The van der Waals surface area contributed by atoms with Gasteiger partial charge in [-0.25, -0.2) is 4.79 Å². The number of aliphatic hydroxyl groups is 1. The van der Waals surface area contributed by atoms with Crippen LogP contribution in [0.3, 0.4) is 0 Å². The number of rotatable bonds is 3. The van der Waals surface area contributed by atoms with E-state index in [-0.39, 0.29) is 0 Å². The molecule has 0 aliphatic heterocycles. The second-order valence-electron chi connectivity index (χ2n) is 4.40. The number of aryl methyl sites for hydroxylation is 1. The molecule has 0 aliphatic rings. The highest BCUT2D eigenvalue weighted by Crippen LogP contribution is 2.26. The first-order valence-corrected chi connectivity index (χ1v) is 5.34. The molecule has 0 fully saturated rings. The molecule has 0 spiro atoms. The summed E-state index contributed by atoms with van der Waals surface area (Å²) in [5, 5.41) is 18.4. The fraction of sp³-hybridized carbons (Fsp3) is 0.333.